The summed E-state index contributed by atoms with van der Waals surface area (Å²) in [5.41, 5.74) is 8.41. The lowest BCUT2D eigenvalue weighted by atomic mass is 9.89. The Balaban J connectivity index is 1.99. The van der Waals surface area contributed by atoms with Gasteiger partial charge in [-0.2, -0.15) is 0 Å². The summed E-state index contributed by atoms with van der Waals surface area (Å²) in [4.78, 5) is 0. The molecule has 4 aromatic carbocycles. The van der Waals surface area contributed by atoms with Gasteiger partial charge in [-0.25, -0.2) is 0 Å². The van der Waals surface area contributed by atoms with Gasteiger partial charge in [0.1, 0.15) is 0 Å². The summed E-state index contributed by atoms with van der Waals surface area (Å²) in [5.74, 6) is 0. The molecule has 0 heteroatoms. The third kappa shape index (κ3) is 1.42. The second-order valence-corrected chi connectivity index (χ2v) is 6.32. The van der Waals surface area contributed by atoms with E-state index in [1.807, 2.05) is 0 Å². The lowest BCUT2D eigenvalue weighted by Crippen LogP contribution is -1.89. The maximum Gasteiger partial charge on any atom is -0.00199 e. The monoisotopic (exact) mass is 280 g/mol. The summed E-state index contributed by atoms with van der Waals surface area (Å²) in [7, 11) is 0. The SMILES string of the molecule is Cc1ccc2ccccc2c1-c1c(C)cc2c3c-2cccc13. The van der Waals surface area contributed by atoms with E-state index in [4.69, 9.17) is 0 Å². The van der Waals surface area contributed by atoms with E-state index in [1.54, 1.807) is 0 Å². The zero-order valence-corrected chi connectivity index (χ0v) is 12.8. The molecular formula is C22H16. The van der Waals surface area contributed by atoms with E-state index in [9.17, 15) is 0 Å². The molecule has 0 bridgehead atoms. The molecular weight excluding hydrogens is 264 g/mol. The van der Waals surface area contributed by atoms with Gasteiger partial charge in [-0.3, -0.25) is 0 Å². The van der Waals surface area contributed by atoms with Crippen molar-refractivity contribution in [1.29, 1.82) is 0 Å². The van der Waals surface area contributed by atoms with Gasteiger partial charge in [0.05, 0.1) is 0 Å². The van der Waals surface area contributed by atoms with Crippen LogP contribution in [0.2, 0.25) is 0 Å². The summed E-state index contributed by atoms with van der Waals surface area (Å²) in [6, 6.07) is 22.2. The van der Waals surface area contributed by atoms with Crippen LogP contribution in [0.25, 0.3) is 43.8 Å². The molecule has 0 fully saturated rings. The van der Waals surface area contributed by atoms with Crippen molar-refractivity contribution in [1.82, 2.24) is 0 Å². The number of aryl methyl sites for hydroxylation is 2. The molecule has 0 unspecified atom stereocenters. The molecule has 0 heterocycles. The van der Waals surface area contributed by atoms with E-state index in [1.165, 1.54) is 54.9 Å². The highest BCUT2D eigenvalue weighted by Crippen LogP contribution is 2.52. The fraction of sp³-hybridized carbons (Fsp3) is 0.0909. The van der Waals surface area contributed by atoms with Crippen molar-refractivity contribution in [2.45, 2.75) is 13.8 Å². The zero-order chi connectivity index (χ0) is 14.8. The van der Waals surface area contributed by atoms with Crippen LogP contribution in [0, 0.1) is 13.8 Å². The lowest BCUT2D eigenvalue weighted by molar-refractivity contribution is 1.46. The van der Waals surface area contributed by atoms with Crippen LogP contribution in [0.4, 0.5) is 0 Å². The quantitative estimate of drug-likeness (QED) is 0.340. The normalized spacial score (nSPS) is 12.1. The molecule has 0 saturated heterocycles. The molecule has 22 heavy (non-hydrogen) atoms. The zero-order valence-electron chi connectivity index (χ0n) is 12.8. The van der Waals surface area contributed by atoms with Crippen LogP contribution in [0.1, 0.15) is 11.1 Å². The van der Waals surface area contributed by atoms with Gasteiger partial charge in [0, 0.05) is 0 Å². The number of hydrogen-bond donors (Lipinski definition) is 0. The van der Waals surface area contributed by atoms with Crippen LogP contribution in [0.15, 0.2) is 60.7 Å². The predicted octanol–water partition coefficient (Wildman–Crippen LogP) is 6.26. The Labute approximate surface area is 130 Å². The predicted molar refractivity (Wildman–Crippen MR) is 95.4 cm³/mol. The van der Waals surface area contributed by atoms with Gasteiger partial charge in [-0.15, -0.1) is 0 Å². The number of rotatable bonds is 1. The average Bonchev–Trinajstić information content (AvgIpc) is 3.23. The molecule has 5 rings (SSSR count). The van der Waals surface area contributed by atoms with Crippen molar-refractivity contribution >= 4 is 21.5 Å². The van der Waals surface area contributed by atoms with Gasteiger partial charge in [-0.05, 0) is 68.8 Å². The Morgan fingerprint density at radius 3 is 2.27 bits per heavy atom. The topological polar surface area (TPSA) is 0 Å². The third-order valence-corrected chi connectivity index (χ3v) is 4.97. The first-order valence-corrected chi connectivity index (χ1v) is 7.81. The van der Waals surface area contributed by atoms with Crippen molar-refractivity contribution in [2.24, 2.45) is 0 Å². The minimum atomic E-state index is 1.31. The van der Waals surface area contributed by atoms with Crippen LogP contribution in [-0.4, -0.2) is 0 Å². The third-order valence-electron chi connectivity index (χ3n) is 4.97. The van der Waals surface area contributed by atoms with Crippen LogP contribution in [-0.2, 0) is 0 Å². The molecule has 4 aromatic rings. The minimum Gasteiger partial charge on any atom is -0.0616 e. The maximum absolute atomic E-state index is 2.36. The van der Waals surface area contributed by atoms with Crippen LogP contribution >= 0.6 is 0 Å². The fourth-order valence-electron chi connectivity index (χ4n) is 3.91. The van der Waals surface area contributed by atoms with E-state index >= 15 is 0 Å². The van der Waals surface area contributed by atoms with Gasteiger partial charge in [0.25, 0.3) is 0 Å². The van der Waals surface area contributed by atoms with Gasteiger partial charge < -0.3 is 0 Å². The van der Waals surface area contributed by atoms with Crippen molar-refractivity contribution in [3.8, 4) is 22.3 Å². The van der Waals surface area contributed by atoms with Crippen molar-refractivity contribution in [3.63, 3.8) is 0 Å². The highest BCUT2D eigenvalue weighted by molar-refractivity contribution is 6.25. The van der Waals surface area contributed by atoms with Gasteiger partial charge in [-0.1, -0.05) is 60.7 Å². The molecule has 0 spiro atoms. The number of hydrogen-bond acceptors (Lipinski definition) is 0. The first kappa shape index (κ1) is 12.0. The van der Waals surface area contributed by atoms with Crippen molar-refractivity contribution in [3.05, 3.63) is 71.8 Å². The lowest BCUT2D eigenvalue weighted by Gasteiger charge is -2.14. The number of fused-ring (bicyclic) bond motifs is 2. The van der Waals surface area contributed by atoms with Crippen molar-refractivity contribution in [2.75, 3.05) is 0 Å². The molecule has 0 amide bonds. The van der Waals surface area contributed by atoms with Crippen molar-refractivity contribution < 1.29 is 0 Å². The Morgan fingerprint density at radius 2 is 1.36 bits per heavy atom. The summed E-state index contributed by atoms with van der Waals surface area (Å²) in [6.07, 6.45) is 0. The average molecular weight is 280 g/mol. The summed E-state index contributed by atoms with van der Waals surface area (Å²) < 4.78 is 0. The van der Waals surface area contributed by atoms with Crippen LogP contribution in [0.5, 0.6) is 0 Å². The molecule has 0 atom stereocenters. The van der Waals surface area contributed by atoms with Crippen LogP contribution in [0.3, 0.4) is 0 Å². The smallest absolute Gasteiger partial charge is 0.00199 e. The highest BCUT2D eigenvalue weighted by Gasteiger charge is 2.25. The van der Waals surface area contributed by atoms with E-state index in [2.05, 4.69) is 74.5 Å². The van der Waals surface area contributed by atoms with Gasteiger partial charge >= 0.3 is 0 Å². The molecule has 1 aliphatic rings. The number of benzene rings is 4. The standard InChI is InChI=1S/C22H16/c1-13-10-11-15-6-3-4-7-16(15)20(13)21-14(2)12-19-17-8-5-9-18(21)22(17)19/h3-12H,1-2H3. The molecule has 0 radical (unpaired) electrons. The maximum atomic E-state index is 2.36. The first-order chi connectivity index (χ1) is 10.8. The molecule has 0 nitrogen and oxygen atoms in total. The van der Waals surface area contributed by atoms with E-state index in [0.29, 0.717) is 0 Å². The molecule has 0 aliphatic heterocycles. The Bertz CT molecular complexity index is 1070. The summed E-state index contributed by atoms with van der Waals surface area (Å²) in [6.45, 7) is 4.47. The molecule has 1 aliphatic carbocycles. The first-order valence-electron chi connectivity index (χ1n) is 7.81. The Kier molecular flexibility index (Phi) is 2.17. The molecule has 0 saturated carbocycles. The van der Waals surface area contributed by atoms with E-state index < -0.39 is 0 Å². The minimum absolute atomic E-state index is 1.31. The van der Waals surface area contributed by atoms with Crippen LogP contribution < -0.4 is 0 Å². The van der Waals surface area contributed by atoms with Gasteiger partial charge in [0.2, 0.25) is 0 Å². The highest BCUT2D eigenvalue weighted by atomic mass is 14.3. The largest absolute Gasteiger partial charge is 0.0616 e. The van der Waals surface area contributed by atoms with E-state index in [-0.39, 0.29) is 0 Å². The molecule has 0 aromatic heterocycles. The van der Waals surface area contributed by atoms with E-state index in [0.717, 1.165) is 0 Å². The molecule has 0 N–H and O–H groups in total. The molecule has 104 valence electrons. The Morgan fingerprint density at radius 1 is 0.591 bits per heavy atom. The Hall–Kier alpha value is -2.60. The van der Waals surface area contributed by atoms with Gasteiger partial charge in [0.15, 0.2) is 0 Å². The summed E-state index contributed by atoms with van der Waals surface area (Å²) >= 11 is 0. The second kappa shape index (κ2) is 3.98. The fourth-order valence-corrected chi connectivity index (χ4v) is 3.91. The second-order valence-electron chi connectivity index (χ2n) is 6.32. The summed E-state index contributed by atoms with van der Waals surface area (Å²) in [5, 5.41) is 5.55.